The maximum Gasteiger partial charge on any atom is 0.0992 e. The first kappa shape index (κ1) is 7.66. The van der Waals surface area contributed by atoms with Crippen LogP contribution in [0.15, 0.2) is 18.2 Å². The summed E-state index contributed by atoms with van der Waals surface area (Å²) in [6.07, 6.45) is 5.13. The van der Waals surface area contributed by atoms with E-state index in [4.69, 9.17) is 23.3 Å². The van der Waals surface area contributed by atoms with E-state index in [9.17, 15) is 0 Å². The van der Waals surface area contributed by atoms with Crippen molar-refractivity contribution in [2.45, 2.75) is 0 Å². The first-order valence-electron chi connectivity index (χ1n) is 2.94. The van der Waals surface area contributed by atoms with Gasteiger partial charge in [0, 0.05) is 5.56 Å². The Balaban J connectivity index is 3.29. The van der Waals surface area contributed by atoms with Crippen LogP contribution in [0.2, 0.25) is 5.02 Å². The smallest absolute Gasteiger partial charge is 0.0992 e. The second kappa shape index (κ2) is 3.10. The van der Waals surface area contributed by atoms with Crippen LogP contribution in [0, 0.1) is 23.7 Å². The van der Waals surface area contributed by atoms with Crippen LogP contribution >= 0.6 is 11.6 Å². The number of halogens is 1. The van der Waals surface area contributed by atoms with Crippen LogP contribution in [0.5, 0.6) is 0 Å². The summed E-state index contributed by atoms with van der Waals surface area (Å²) in [4.78, 5) is 0. The van der Waals surface area contributed by atoms with Gasteiger partial charge in [-0.1, -0.05) is 17.5 Å². The summed E-state index contributed by atoms with van der Waals surface area (Å²) in [6.45, 7) is 0. The van der Waals surface area contributed by atoms with Crippen molar-refractivity contribution in [2.24, 2.45) is 0 Å². The van der Waals surface area contributed by atoms with Crippen molar-refractivity contribution >= 4 is 11.6 Å². The second-order valence-electron chi connectivity index (χ2n) is 1.95. The van der Waals surface area contributed by atoms with Gasteiger partial charge in [0.2, 0.25) is 0 Å². The lowest BCUT2D eigenvalue weighted by atomic mass is 10.1. The molecule has 0 aliphatic carbocycles. The molecule has 0 radical (unpaired) electrons. The van der Waals surface area contributed by atoms with Crippen molar-refractivity contribution in [3.63, 3.8) is 0 Å². The lowest BCUT2D eigenvalue weighted by Crippen LogP contribution is -1.79. The summed E-state index contributed by atoms with van der Waals surface area (Å²) in [6, 6.07) is 6.81. The van der Waals surface area contributed by atoms with Gasteiger partial charge in [0.15, 0.2) is 0 Å². The molecule has 0 N–H and O–H groups in total. The molecule has 0 aromatic heterocycles. The van der Waals surface area contributed by atoms with Crippen molar-refractivity contribution in [1.29, 1.82) is 5.26 Å². The van der Waals surface area contributed by atoms with E-state index in [1.807, 2.05) is 6.07 Å². The molecule has 1 nitrogen and oxygen atoms in total. The molecule has 0 heterocycles. The largest absolute Gasteiger partial charge is 0.192 e. The molecule has 0 amide bonds. The van der Waals surface area contributed by atoms with E-state index in [0.717, 1.165) is 0 Å². The van der Waals surface area contributed by atoms with Crippen LogP contribution < -0.4 is 0 Å². The first-order chi connectivity index (χ1) is 5.27. The Morgan fingerprint density at radius 1 is 1.45 bits per heavy atom. The summed E-state index contributed by atoms with van der Waals surface area (Å²) in [5.74, 6) is 2.39. The molecule has 0 unspecified atom stereocenters. The number of hydrogen-bond acceptors (Lipinski definition) is 1. The molecule has 2 heteroatoms. The summed E-state index contributed by atoms with van der Waals surface area (Å²) in [7, 11) is 0. The van der Waals surface area contributed by atoms with Gasteiger partial charge in [-0.25, -0.2) is 0 Å². The summed E-state index contributed by atoms with van der Waals surface area (Å²) in [5.41, 5.74) is 1.09. The molecule has 1 aromatic carbocycles. The van der Waals surface area contributed by atoms with Gasteiger partial charge in [-0.15, -0.1) is 6.42 Å². The van der Waals surface area contributed by atoms with Gasteiger partial charge in [-0.3, -0.25) is 0 Å². The van der Waals surface area contributed by atoms with Crippen molar-refractivity contribution in [3.05, 3.63) is 34.3 Å². The van der Waals surface area contributed by atoms with Crippen molar-refractivity contribution in [3.8, 4) is 18.4 Å². The van der Waals surface area contributed by atoms with Crippen molar-refractivity contribution in [1.82, 2.24) is 0 Å². The molecule has 0 spiro atoms. The number of nitrogens with zero attached hydrogens (tertiary/aromatic N) is 1. The predicted octanol–water partition coefficient (Wildman–Crippen LogP) is 2.19. The van der Waals surface area contributed by atoms with Crippen molar-refractivity contribution in [2.75, 3.05) is 0 Å². The molecule has 1 aromatic rings. The Morgan fingerprint density at radius 3 is 2.73 bits per heavy atom. The normalized spacial score (nSPS) is 8.27. The second-order valence-corrected chi connectivity index (χ2v) is 2.36. The first-order valence-corrected chi connectivity index (χ1v) is 3.32. The van der Waals surface area contributed by atoms with E-state index in [1.165, 1.54) is 0 Å². The zero-order valence-electron chi connectivity index (χ0n) is 5.63. The van der Waals surface area contributed by atoms with Gasteiger partial charge in [0.05, 0.1) is 16.7 Å². The Kier molecular flexibility index (Phi) is 2.16. The fourth-order valence-electron chi connectivity index (χ4n) is 0.705. The van der Waals surface area contributed by atoms with E-state index in [-0.39, 0.29) is 0 Å². The van der Waals surface area contributed by atoms with E-state index < -0.39 is 0 Å². The number of hydrogen-bond donors (Lipinski definition) is 0. The minimum Gasteiger partial charge on any atom is -0.192 e. The van der Waals surface area contributed by atoms with Crippen LogP contribution in [-0.4, -0.2) is 0 Å². The Labute approximate surface area is 70.2 Å². The van der Waals surface area contributed by atoms with Gasteiger partial charge >= 0.3 is 0 Å². The summed E-state index contributed by atoms with van der Waals surface area (Å²) in [5, 5.41) is 8.99. The zero-order chi connectivity index (χ0) is 8.27. The Hall–Kier alpha value is -1.44. The molecular weight excluding hydrogens is 158 g/mol. The summed E-state index contributed by atoms with van der Waals surface area (Å²) < 4.78 is 0. The zero-order valence-corrected chi connectivity index (χ0v) is 6.39. The molecule has 11 heavy (non-hydrogen) atoms. The fraction of sp³-hybridized carbons (Fsp3) is 0. The third-order valence-corrected chi connectivity index (χ3v) is 1.58. The Morgan fingerprint density at radius 2 is 2.18 bits per heavy atom. The maximum absolute atomic E-state index is 8.49. The van der Waals surface area contributed by atoms with Gasteiger partial charge < -0.3 is 0 Å². The highest BCUT2D eigenvalue weighted by Gasteiger charge is 1.97. The molecule has 52 valence electrons. The quantitative estimate of drug-likeness (QED) is 0.535. The molecule has 0 atom stereocenters. The number of nitriles is 1. The highest BCUT2D eigenvalue weighted by atomic mass is 35.5. The molecule has 0 aliphatic rings. The molecule has 0 aliphatic heterocycles. The highest BCUT2D eigenvalue weighted by molar-refractivity contribution is 6.31. The predicted molar refractivity (Wildman–Crippen MR) is 44.1 cm³/mol. The van der Waals surface area contributed by atoms with Crippen LogP contribution in [0.3, 0.4) is 0 Å². The van der Waals surface area contributed by atoms with Gasteiger partial charge in [0.25, 0.3) is 0 Å². The lowest BCUT2D eigenvalue weighted by molar-refractivity contribution is 1.48. The third-order valence-electron chi connectivity index (χ3n) is 1.25. The summed E-state index contributed by atoms with van der Waals surface area (Å²) >= 11 is 5.70. The van der Waals surface area contributed by atoms with E-state index in [0.29, 0.717) is 16.1 Å². The Bertz CT molecular complexity index is 355. The number of terminal acetylenes is 1. The minimum atomic E-state index is 0.506. The maximum atomic E-state index is 8.49. The van der Waals surface area contributed by atoms with Gasteiger partial charge in [0.1, 0.15) is 0 Å². The molecule has 0 fully saturated rings. The standard InChI is InChI=1S/C9H4ClN/c1-2-8-5-7(6-11)3-4-9(8)10/h1,3-5H. The van der Waals surface area contributed by atoms with Crippen LogP contribution in [0.4, 0.5) is 0 Å². The SMILES string of the molecule is C#Cc1cc(C#N)ccc1Cl. The van der Waals surface area contributed by atoms with E-state index >= 15 is 0 Å². The lowest BCUT2D eigenvalue weighted by Gasteiger charge is -1.94. The van der Waals surface area contributed by atoms with Gasteiger partial charge in [-0.05, 0) is 18.2 Å². The van der Waals surface area contributed by atoms with Crippen molar-refractivity contribution < 1.29 is 0 Å². The molecule has 0 bridgehead atoms. The van der Waals surface area contributed by atoms with E-state index in [2.05, 4.69) is 5.92 Å². The third kappa shape index (κ3) is 1.52. The molecular formula is C9H4ClN. The number of rotatable bonds is 0. The fourth-order valence-corrected chi connectivity index (χ4v) is 0.878. The van der Waals surface area contributed by atoms with Crippen LogP contribution in [0.25, 0.3) is 0 Å². The average molecular weight is 162 g/mol. The molecule has 0 saturated heterocycles. The van der Waals surface area contributed by atoms with Crippen LogP contribution in [0.1, 0.15) is 11.1 Å². The average Bonchev–Trinajstić information content (AvgIpc) is 2.05. The molecule has 0 saturated carbocycles. The van der Waals surface area contributed by atoms with Crippen LogP contribution in [-0.2, 0) is 0 Å². The molecule has 1 rings (SSSR count). The topological polar surface area (TPSA) is 23.8 Å². The minimum absolute atomic E-state index is 0.506. The monoisotopic (exact) mass is 161 g/mol. The van der Waals surface area contributed by atoms with Gasteiger partial charge in [-0.2, -0.15) is 5.26 Å². The van der Waals surface area contributed by atoms with E-state index in [1.54, 1.807) is 18.2 Å². The highest BCUT2D eigenvalue weighted by Crippen LogP contribution is 2.15. The number of benzene rings is 1.